The standard InChI is InChI=1S/C48H28N6O2/c1-4-14-29(15-5-1)43-49-44(30-16-6-2-7-17-30)52-47(51-43)36-22-13-25-39-41(36)35-27-26-32(28-40(35)55-39)46-50-45(31-18-8-3-9-19-31)53-48(54-46)37-23-12-21-34-33-20-10-11-24-38(33)56-42(34)37/h1-28H. The minimum absolute atomic E-state index is 0.516. The number of nitrogens with zero attached hydrogens (tertiary/aromatic N) is 6. The number of fused-ring (bicyclic) bond motifs is 6. The molecule has 0 N–H and O–H groups in total. The Balaban J connectivity index is 1.08. The summed E-state index contributed by atoms with van der Waals surface area (Å²) < 4.78 is 13.0. The van der Waals surface area contributed by atoms with Crippen LogP contribution in [-0.2, 0) is 0 Å². The van der Waals surface area contributed by atoms with E-state index in [0.29, 0.717) is 40.5 Å². The van der Waals surface area contributed by atoms with E-state index in [1.54, 1.807) is 0 Å². The van der Waals surface area contributed by atoms with E-state index in [0.717, 1.165) is 71.7 Å². The van der Waals surface area contributed by atoms with Crippen molar-refractivity contribution >= 4 is 43.9 Å². The van der Waals surface area contributed by atoms with Gasteiger partial charge >= 0.3 is 0 Å². The van der Waals surface area contributed by atoms with Crippen LogP contribution in [-0.4, -0.2) is 29.9 Å². The highest BCUT2D eigenvalue weighted by Gasteiger charge is 2.21. The number of hydrogen-bond acceptors (Lipinski definition) is 8. The highest BCUT2D eigenvalue weighted by atomic mass is 16.3. The van der Waals surface area contributed by atoms with Crippen molar-refractivity contribution < 1.29 is 8.83 Å². The molecule has 8 heteroatoms. The SMILES string of the molecule is c1ccc(-c2nc(-c3ccc4c(c3)oc3cccc(-c5nc(-c6ccccc6)nc(-c6ccccc6)n5)c34)nc(-c3cccc4c3oc3ccccc34)n2)cc1. The fraction of sp³-hybridized carbons (Fsp3) is 0. The van der Waals surface area contributed by atoms with Crippen molar-refractivity contribution in [2.45, 2.75) is 0 Å². The van der Waals surface area contributed by atoms with Crippen LogP contribution in [0.25, 0.3) is 112 Å². The minimum Gasteiger partial charge on any atom is -0.456 e. The van der Waals surface area contributed by atoms with Crippen molar-refractivity contribution in [3.63, 3.8) is 0 Å². The lowest BCUT2D eigenvalue weighted by Gasteiger charge is -2.09. The molecule has 0 saturated carbocycles. The van der Waals surface area contributed by atoms with Crippen molar-refractivity contribution in [2.75, 3.05) is 0 Å². The number of para-hydroxylation sites is 2. The van der Waals surface area contributed by atoms with Gasteiger partial charge in [0.1, 0.15) is 22.3 Å². The summed E-state index contributed by atoms with van der Waals surface area (Å²) in [5.74, 6) is 3.35. The third kappa shape index (κ3) is 5.39. The van der Waals surface area contributed by atoms with Crippen molar-refractivity contribution in [1.29, 1.82) is 0 Å². The van der Waals surface area contributed by atoms with Crippen LogP contribution in [0.4, 0.5) is 0 Å². The van der Waals surface area contributed by atoms with E-state index in [1.165, 1.54) is 0 Å². The summed E-state index contributed by atoms with van der Waals surface area (Å²) in [5, 5.41) is 3.88. The number of aromatic nitrogens is 6. The number of furan rings is 2. The molecule has 0 unspecified atom stereocenters. The second-order valence-electron chi connectivity index (χ2n) is 13.5. The van der Waals surface area contributed by atoms with Gasteiger partial charge in [-0.05, 0) is 30.3 Å². The molecular weight excluding hydrogens is 693 g/mol. The highest BCUT2D eigenvalue weighted by Crippen LogP contribution is 2.39. The molecule has 11 aromatic rings. The Hall–Kier alpha value is -7.84. The average molecular weight is 721 g/mol. The Morgan fingerprint density at radius 2 is 0.768 bits per heavy atom. The third-order valence-corrected chi connectivity index (χ3v) is 10.0. The quantitative estimate of drug-likeness (QED) is 0.167. The molecule has 7 aromatic carbocycles. The zero-order chi connectivity index (χ0) is 37.0. The van der Waals surface area contributed by atoms with Crippen LogP contribution in [0.15, 0.2) is 179 Å². The van der Waals surface area contributed by atoms with Gasteiger partial charge in [-0.2, -0.15) is 0 Å². The van der Waals surface area contributed by atoms with Crippen LogP contribution in [0.5, 0.6) is 0 Å². The maximum Gasteiger partial charge on any atom is 0.167 e. The van der Waals surface area contributed by atoms with E-state index >= 15 is 0 Å². The first-order valence-electron chi connectivity index (χ1n) is 18.3. The molecular formula is C48H28N6O2. The van der Waals surface area contributed by atoms with Gasteiger partial charge in [-0.1, -0.05) is 140 Å². The van der Waals surface area contributed by atoms with Crippen molar-refractivity contribution in [3.8, 4) is 68.3 Å². The molecule has 0 atom stereocenters. The van der Waals surface area contributed by atoms with E-state index in [9.17, 15) is 0 Å². The van der Waals surface area contributed by atoms with Crippen LogP contribution in [0.2, 0.25) is 0 Å². The molecule has 0 saturated heterocycles. The van der Waals surface area contributed by atoms with Gasteiger partial charge in [-0.3, -0.25) is 0 Å². The number of hydrogen-bond donors (Lipinski definition) is 0. The van der Waals surface area contributed by atoms with E-state index in [4.69, 9.17) is 38.7 Å². The van der Waals surface area contributed by atoms with Crippen LogP contribution in [0.1, 0.15) is 0 Å². The normalized spacial score (nSPS) is 11.6. The monoisotopic (exact) mass is 720 g/mol. The summed E-state index contributed by atoms with van der Waals surface area (Å²) in [5.41, 5.74) is 8.06. The van der Waals surface area contributed by atoms with Crippen molar-refractivity contribution in [1.82, 2.24) is 29.9 Å². The maximum atomic E-state index is 6.57. The van der Waals surface area contributed by atoms with E-state index < -0.39 is 0 Å². The molecule has 0 aliphatic rings. The molecule has 4 heterocycles. The first-order valence-corrected chi connectivity index (χ1v) is 18.3. The molecule has 8 nitrogen and oxygen atoms in total. The summed E-state index contributed by atoms with van der Waals surface area (Å²) in [4.78, 5) is 30.0. The molecule has 11 rings (SSSR count). The van der Waals surface area contributed by atoms with E-state index in [-0.39, 0.29) is 0 Å². The second-order valence-corrected chi connectivity index (χ2v) is 13.5. The zero-order valence-electron chi connectivity index (χ0n) is 29.7. The molecule has 56 heavy (non-hydrogen) atoms. The topological polar surface area (TPSA) is 104 Å². The predicted molar refractivity (Wildman–Crippen MR) is 220 cm³/mol. The molecule has 0 radical (unpaired) electrons. The smallest absolute Gasteiger partial charge is 0.167 e. The zero-order valence-corrected chi connectivity index (χ0v) is 29.7. The predicted octanol–water partition coefficient (Wildman–Crippen LogP) is 11.9. The van der Waals surface area contributed by atoms with Gasteiger partial charge in [-0.25, -0.2) is 29.9 Å². The molecule has 0 aliphatic carbocycles. The first-order chi connectivity index (χ1) is 27.7. The third-order valence-electron chi connectivity index (χ3n) is 10.0. The van der Waals surface area contributed by atoms with Crippen LogP contribution in [0.3, 0.4) is 0 Å². The van der Waals surface area contributed by atoms with E-state index in [2.05, 4.69) is 18.2 Å². The van der Waals surface area contributed by atoms with Gasteiger partial charge in [0.05, 0.1) is 5.56 Å². The molecule has 262 valence electrons. The van der Waals surface area contributed by atoms with E-state index in [1.807, 2.05) is 152 Å². The lowest BCUT2D eigenvalue weighted by atomic mass is 10.0. The molecule has 4 aromatic heterocycles. The van der Waals surface area contributed by atoms with Crippen LogP contribution < -0.4 is 0 Å². The Labute approximate surface area is 319 Å². The lowest BCUT2D eigenvalue weighted by Crippen LogP contribution is -2.00. The Morgan fingerprint density at radius 1 is 0.286 bits per heavy atom. The number of benzene rings is 7. The molecule has 0 amide bonds. The van der Waals surface area contributed by atoms with Gasteiger partial charge < -0.3 is 8.83 Å². The lowest BCUT2D eigenvalue weighted by molar-refractivity contribution is 0.668. The van der Waals surface area contributed by atoms with Crippen LogP contribution >= 0.6 is 0 Å². The van der Waals surface area contributed by atoms with Gasteiger partial charge in [0.2, 0.25) is 0 Å². The Bertz CT molecular complexity index is 3190. The largest absolute Gasteiger partial charge is 0.456 e. The average Bonchev–Trinajstić information content (AvgIpc) is 3.85. The van der Waals surface area contributed by atoms with Crippen molar-refractivity contribution in [3.05, 3.63) is 170 Å². The van der Waals surface area contributed by atoms with Gasteiger partial charge in [-0.15, -0.1) is 0 Å². The molecule has 0 fully saturated rings. The Kier molecular flexibility index (Phi) is 7.31. The maximum absolute atomic E-state index is 6.57. The van der Waals surface area contributed by atoms with Gasteiger partial charge in [0.25, 0.3) is 0 Å². The molecule has 0 bridgehead atoms. The first kappa shape index (κ1) is 31.7. The molecule has 0 spiro atoms. The molecule has 0 aliphatic heterocycles. The summed E-state index contributed by atoms with van der Waals surface area (Å²) in [6.45, 7) is 0. The van der Waals surface area contributed by atoms with Gasteiger partial charge in [0.15, 0.2) is 34.9 Å². The summed E-state index contributed by atoms with van der Waals surface area (Å²) in [6.07, 6.45) is 0. The summed E-state index contributed by atoms with van der Waals surface area (Å²) in [6, 6.07) is 56.1. The minimum atomic E-state index is 0.516. The Morgan fingerprint density at radius 3 is 1.41 bits per heavy atom. The number of rotatable bonds is 6. The fourth-order valence-corrected chi connectivity index (χ4v) is 7.35. The summed E-state index contributed by atoms with van der Waals surface area (Å²) in [7, 11) is 0. The highest BCUT2D eigenvalue weighted by molar-refractivity contribution is 6.12. The fourth-order valence-electron chi connectivity index (χ4n) is 7.35. The van der Waals surface area contributed by atoms with Crippen LogP contribution in [0, 0.1) is 0 Å². The van der Waals surface area contributed by atoms with Crippen molar-refractivity contribution in [2.24, 2.45) is 0 Å². The van der Waals surface area contributed by atoms with Gasteiger partial charge in [0, 0.05) is 49.4 Å². The summed E-state index contributed by atoms with van der Waals surface area (Å²) >= 11 is 0. The second kappa shape index (κ2) is 12.9.